The van der Waals surface area contributed by atoms with E-state index in [1.165, 1.54) is 0 Å². The molecule has 0 bridgehead atoms. The van der Waals surface area contributed by atoms with E-state index in [9.17, 15) is 19.2 Å². The summed E-state index contributed by atoms with van der Waals surface area (Å²) in [5, 5.41) is 7.64. The summed E-state index contributed by atoms with van der Waals surface area (Å²) < 4.78 is 0. The minimum Gasteiger partial charge on any atom is -0.355 e. The lowest BCUT2D eigenvalue weighted by molar-refractivity contribution is -0.129. The summed E-state index contributed by atoms with van der Waals surface area (Å²) in [5.41, 5.74) is 4.98. The molecule has 9 nitrogen and oxygen atoms in total. The Bertz CT molecular complexity index is 510. The lowest BCUT2D eigenvalue weighted by atomic mass is 9.98. The first kappa shape index (κ1) is 18.2. The number of amides is 5. The van der Waals surface area contributed by atoms with Gasteiger partial charge >= 0.3 is 6.03 Å². The fourth-order valence-electron chi connectivity index (χ4n) is 2.88. The predicted molar refractivity (Wildman–Crippen MR) is 85.7 cm³/mol. The first-order chi connectivity index (χ1) is 11.4. The average molecular weight is 339 g/mol. The van der Waals surface area contributed by atoms with Gasteiger partial charge in [-0.05, 0) is 26.2 Å². The summed E-state index contributed by atoms with van der Waals surface area (Å²) in [5.74, 6) is -0.739. The predicted octanol–water partition coefficient (Wildman–Crippen LogP) is -1.32. The molecule has 2 aliphatic rings. The summed E-state index contributed by atoms with van der Waals surface area (Å²) in [6.45, 7) is 3.01. The molecule has 1 aliphatic heterocycles. The zero-order valence-electron chi connectivity index (χ0n) is 13.8. The molecule has 2 fully saturated rings. The van der Waals surface area contributed by atoms with E-state index in [2.05, 4.69) is 16.0 Å². The Hall–Kier alpha value is -2.16. The van der Waals surface area contributed by atoms with Crippen molar-refractivity contribution in [2.24, 2.45) is 11.7 Å². The fraction of sp³-hybridized carbons (Fsp3) is 0.733. The maximum atomic E-state index is 12.1. The van der Waals surface area contributed by atoms with Gasteiger partial charge in [0.1, 0.15) is 0 Å². The van der Waals surface area contributed by atoms with Gasteiger partial charge in [-0.3, -0.25) is 24.6 Å². The fourth-order valence-corrected chi connectivity index (χ4v) is 2.88. The van der Waals surface area contributed by atoms with Crippen molar-refractivity contribution in [2.75, 3.05) is 19.6 Å². The number of primary amides is 1. The van der Waals surface area contributed by atoms with Crippen LogP contribution in [0.25, 0.3) is 0 Å². The van der Waals surface area contributed by atoms with Gasteiger partial charge in [0, 0.05) is 32.1 Å². The number of carbonyl (C=O) groups excluding carboxylic acids is 4. The second kappa shape index (κ2) is 8.09. The van der Waals surface area contributed by atoms with Crippen LogP contribution in [0.2, 0.25) is 0 Å². The zero-order valence-corrected chi connectivity index (χ0v) is 13.8. The maximum Gasteiger partial charge on any atom is 0.318 e. The highest BCUT2D eigenvalue weighted by molar-refractivity contribution is 5.96. The van der Waals surface area contributed by atoms with E-state index in [0.29, 0.717) is 38.5 Å². The number of carbonyl (C=O) groups is 4. The molecule has 1 aliphatic carbocycles. The van der Waals surface area contributed by atoms with E-state index in [0.717, 1.165) is 12.8 Å². The molecule has 1 heterocycles. The van der Waals surface area contributed by atoms with E-state index in [1.54, 1.807) is 6.92 Å². The molecule has 1 saturated heterocycles. The molecule has 0 aromatic rings. The molecule has 2 unspecified atom stereocenters. The van der Waals surface area contributed by atoms with E-state index in [-0.39, 0.29) is 17.7 Å². The number of rotatable bonds is 7. The van der Waals surface area contributed by atoms with E-state index in [4.69, 9.17) is 5.73 Å². The molecule has 0 aromatic carbocycles. The van der Waals surface area contributed by atoms with Crippen LogP contribution in [0.15, 0.2) is 0 Å². The van der Waals surface area contributed by atoms with Crippen LogP contribution in [0, 0.1) is 5.92 Å². The van der Waals surface area contributed by atoms with Crippen molar-refractivity contribution in [3.8, 4) is 0 Å². The molecule has 5 N–H and O–H groups in total. The maximum absolute atomic E-state index is 12.1. The molecule has 0 aromatic heterocycles. The summed E-state index contributed by atoms with van der Waals surface area (Å²) in [6.07, 6.45) is 2.92. The van der Waals surface area contributed by atoms with Gasteiger partial charge in [0.05, 0.1) is 12.0 Å². The Kier molecular flexibility index (Phi) is 6.13. The SMILES string of the molecule is CC(C(=O)NC(N)=O)N(CCNC(=O)C1CCC(=O)NC1)C1CC1. The number of urea groups is 1. The van der Waals surface area contributed by atoms with E-state index < -0.39 is 18.0 Å². The van der Waals surface area contributed by atoms with Crippen molar-refractivity contribution in [3.63, 3.8) is 0 Å². The molecule has 2 atom stereocenters. The van der Waals surface area contributed by atoms with Gasteiger partial charge < -0.3 is 16.4 Å². The number of piperidine rings is 1. The highest BCUT2D eigenvalue weighted by atomic mass is 16.2. The molecule has 2 rings (SSSR count). The largest absolute Gasteiger partial charge is 0.355 e. The van der Waals surface area contributed by atoms with Gasteiger partial charge in [0.2, 0.25) is 17.7 Å². The van der Waals surface area contributed by atoms with Gasteiger partial charge in [-0.2, -0.15) is 0 Å². The quantitative estimate of drug-likeness (QED) is 0.456. The monoisotopic (exact) mass is 339 g/mol. The second-order valence-electron chi connectivity index (χ2n) is 6.33. The Morgan fingerprint density at radius 2 is 2.04 bits per heavy atom. The van der Waals surface area contributed by atoms with Crippen LogP contribution >= 0.6 is 0 Å². The van der Waals surface area contributed by atoms with Crippen LogP contribution < -0.4 is 21.7 Å². The van der Waals surface area contributed by atoms with Gasteiger partial charge in [-0.1, -0.05) is 0 Å². The lowest BCUT2D eigenvalue weighted by Crippen LogP contribution is -2.51. The lowest BCUT2D eigenvalue weighted by Gasteiger charge is -2.28. The first-order valence-electron chi connectivity index (χ1n) is 8.29. The van der Waals surface area contributed by atoms with Crippen LogP contribution in [0.4, 0.5) is 4.79 Å². The van der Waals surface area contributed by atoms with E-state index in [1.807, 2.05) is 4.90 Å². The first-order valence-corrected chi connectivity index (χ1v) is 8.29. The summed E-state index contributed by atoms with van der Waals surface area (Å²) in [4.78, 5) is 47.9. The van der Waals surface area contributed by atoms with Gasteiger partial charge in [-0.15, -0.1) is 0 Å². The van der Waals surface area contributed by atoms with Crippen LogP contribution in [0.3, 0.4) is 0 Å². The Balaban J connectivity index is 1.77. The van der Waals surface area contributed by atoms with Crippen LogP contribution in [-0.4, -0.2) is 60.4 Å². The molecule has 24 heavy (non-hydrogen) atoms. The van der Waals surface area contributed by atoms with Crippen molar-refractivity contribution < 1.29 is 19.2 Å². The van der Waals surface area contributed by atoms with Crippen molar-refractivity contribution in [1.29, 1.82) is 0 Å². The molecule has 5 amide bonds. The van der Waals surface area contributed by atoms with Gasteiger partial charge in [-0.25, -0.2) is 4.79 Å². The molecular formula is C15H25N5O4. The van der Waals surface area contributed by atoms with Crippen molar-refractivity contribution in [1.82, 2.24) is 20.9 Å². The van der Waals surface area contributed by atoms with Gasteiger partial charge in [0.25, 0.3) is 0 Å². The van der Waals surface area contributed by atoms with Crippen LogP contribution in [0.1, 0.15) is 32.6 Å². The third-order valence-electron chi connectivity index (χ3n) is 4.44. The van der Waals surface area contributed by atoms with Crippen molar-refractivity contribution in [3.05, 3.63) is 0 Å². The number of nitrogens with two attached hydrogens (primary N) is 1. The summed E-state index contributed by atoms with van der Waals surface area (Å²) in [7, 11) is 0. The van der Waals surface area contributed by atoms with Crippen molar-refractivity contribution in [2.45, 2.75) is 44.7 Å². The second-order valence-corrected chi connectivity index (χ2v) is 6.33. The standard InChI is InChI=1S/C15H25N5O4/c1-9(13(22)19-15(16)24)20(11-3-4-11)7-6-17-14(23)10-2-5-12(21)18-8-10/h9-11H,2-8H2,1H3,(H,17,23)(H,18,21)(H3,16,19,22,24). The molecule has 134 valence electrons. The summed E-state index contributed by atoms with van der Waals surface area (Å²) >= 11 is 0. The molecule has 1 saturated carbocycles. The smallest absolute Gasteiger partial charge is 0.318 e. The number of nitrogens with one attached hydrogen (secondary N) is 3. The third kappa shape index (κ3) is 5.19. The minimum absolute atomic E-state index is 0.0201. The molecule has 0 radical (unpaired) electrons. The number of nitrogens with zero attached hydrogens (tertiary/aromatic N) is 1. The molecular weight excluding hydrogens is 314 g/mol. The normalized spacial score (nSPS) is 21.8. The third-order valence-corrected chi connectivity index (χ3v) is 4.44. The summed E-state index contributed by atoms with van der Waals surface area (Å²) in [6, 6.07) is -1.06. The highest BCUT2D eigenvalue weighted by Crippen LogP contribution is 2.28. The number of hydrogen-bond acceptors (Lipinski definition) is 5. The minimum atomic E-state index is -0.866. The van der Waals surface area contributed by atoms with E-state index >= 15 is 0 Å². The Labute approximate surface area is 140 Å². The molecule has 0 spiro atoms. The van der Waals surface area contributed by atoms with Crippen LogP contribution in [-0.2, 0) is 14.4 Å². The Morgan fingerprint density at radius 1 is 1.33 bits per heavy atom. The van der Waals surface area contributed by atoms with Gasteiger partial charge in [0.15, 0.2) is 0 Å². The Morgan fingerprint density at radius 3 is 2.58 bits per heavy atom. The van der Waals surface area contributed by atoms with Crippen molar-refractivity contribution >= 4 is 23.8 Å². The topological polar surface area (TPSA) is 134 Å². The number of hydrogen-bond donors (Lipinski definition) is 4. The van der Waals surface area contributed by atoms with Crippen LogP contribution in [0.5, 0.6) is 0 Å². The highest BCUT2D eigenvalue weighted by Gasteiger charge is 2.35. The average Bonchev–Trinajstić information content (AvgIpc) is 3.35. The zero-order chi connectivity index (χ0) is 17.7. The number of imide groups is 1. The molecule has 9 heteroatoms.